The second-order valence-corrected chi connectivity index (χ2v) is 8.12. The van der Waals surface area contributed by atoms with Gasteiger partial charge in [-0.25, -0.2) is 4.98 Å². The lowest BCUT2D eigenvalue weighted by molar-refractivity contribution is 0.401. The minimum absolute atomic E-state index is 0.410. The Kier molecular flexibility index (Phi) is 5.40. The van der Waals surface area contributed by atoms with Gasteiger partial charge >= 0.3 is 0 Å². The fourth-order valence-corrected chi connectivity index (χ4v) is 4.39. The lowest BCUT2D eigenvalue weighted by Crippen LogP contribution is -2.35. The summed E-state index contributed by atoms with van der Waals surface area (Å²) in [5, 5.41) is 2.15. The highest BCUT2D eigenvalue weighted by Gasteiger charge is 2.23. The Bertz CT molecular complexity index is 1170. The Morgan fingerprint density at radius 2 is 1.61 bits per heavy atom. The van der Waals surface area contributed by atoms with Crippen LogP contribution in [0.15, 0.2) is 79.1 Å². The lowest BCUT2D eigenvalue weighted by atomic mass is 9.90. The molecule has 0 spiro atoms. The molecule has 4 aromatic rings. The van der Waals surface area contributed by atoms with Gasteiger partial charge in [-0.2, -0.15) is 4.98 Å². The van der Waals surface area contributed by atoms with Crippen LogP contribution in [0, 0.1) is 5.92 Å². The largest absolute Gasteiger partial charge is 0.436 e. The minimum atomic E-state index is 0.410. The van der Waals surface area contributed by atoms with Crippen LogP contribution >= 0.6 is 0 Å². The molecule has 0 radical (unpaired) electrons. The molecular weight excluding hydrogens is 384 g/mol. The number of anilines is 2. The molecule has 1 aromatic heterocycles. The number of hydrogen-bond acceptors (Lipinski definition) is 5. The highest BCUT2D eigenvalue weighted by atomic mass is 16.5. The molecule has 5 rings (SSSR count). The van der Waals surface area contributed by atoms with Crippen LogP contribution in [-0.4, -0.2) is 23.1 Å². The van der Waals surface area contributed by atoms with E-state index in [0.717, 1.165) is 54.7 Å². The smallest absolute Gasteiger partial charge is 0.248 e. The van der Waals surface area contributed by atoms with Crippen LogP contribution in [0.5, 0.6) is 11.6 Å². The number of aromatic nitrogens is 2. The van der Waals surface area contributed by atoms with E-state index in [1.807, 2.05) is 30.3 Å². The molecule has 0 saturated carbocycles. The van der Waals surface area contributed by atoms with Crippen molar-refractivity contribution in [3.05, 3.63) is 84.7 Å². The summed E-state index contributed by atoms with van der Waals surface area (Å²) in [5.41, 5.74) is 8.38. The molecule has 0 unspecified atom stereocenters. The first-order valence-electron chi connectivity index (χ1n) is 10.8. The van der Waals surface area contributed by atoms with Crippen molar-refractivity contribution < 1.29 is 4.74 Å². The number of piperidine rings is 1. The van der Waals surface area contributed by atoms with E-state index in [9.17, 15) is 0 Å². The standard InChI is InChI=1S/C26H26N4O/c27-24-25(30-15-13-20(14-16-30)17-19-7-2-1-3-8-19)28-18-29-26(24)31-23-12-6-10-21-9-4-5-11-22(21)23/h1-12,18,20H,13-17,27H2. The Labute approximate surface area is 182 Å². The average Bonchev–Trinajstić information content (AvgIpc) is 2.82. The third kappa shape index (κ3) is 4.17. The van der Waals surface area contributed by atoms with Crippen molar-refractivity contribution in [2.24, 2.45) is 5.92 Å². The highest BCUT2D eigenvalue weighted by molar-refractivity contribution is 5.88. The summed E-state index contributed by atoms with van der Waals surface area (Å²) in [7, 11) is 0. The van der Waals surface area contributed by atoms with E-state index in [1.54, 1.807) is 6.33 Å². The van der Waals surface area contributed by atoms with E-state index in [4.69, 9.17) is 10.5 Å². The van der Waals surface area contributed by atoms with Gasteiger partial charge < -0.3 is 15.4 Å². The molecular formula is C26H26N4O. The number of rotatable bonds is 5. The Hall–Kier alpha value is -3.60. The molecule has 1 aliphatic rings. The van der Waals surface area contributed by atoms with Gasteiger partial charge in [0.05, 0.1) is 0 Å². The van der Waals surface area contributed by atoms with Crippen molar-refractivity contribution >= 4 is 22.3 Å². The molecule has 0 atom stereocenters. The molecule has 156 valence electrons. The van der Waals surface area contributed by atoms with Crippen LogP contribution in [0.3, 0.4) is 0 Å². The molecule has 31 heavy (non-hydrogen) atoms. The highest BCUT2D eigenvalue weighted by Crippen LogP contribution is 2.36. The number of hydrogen-bond donors (Lipinski definition) is 1. The van der Waals surface area contributed by atoms with Crippen molar-refractivity contribution in [3.8, 4) is 11.6 Å². The average molecular weight is 411 g/mol. The van der Waals surface area contributed by atoms with Crippen LogP contribution < -0.4 is 15.4 Å². The van der Waals surface area contributed by atoms with Crippen molar-refractivity contribution in [1.29, 1.82) is 0 Å². The maximum absolute atomic E-state index is 6.47. The van der Waals surface area contributed by atoms with Crippen molar-refractivity contribution in [1.82, 2.24) is 9.97 Å². The van der Waals surface area contributed by atoms with Crippen molar-refractivity contribution in [2.75, 3.05) is 23.7 Å². The quantitative estimate of drug-likeness (QED) is 0.473. The van der Waals surface area contributed by atoms with E-state index in [-0.39, 0.29) is 0 Å². The van der Waals surface area contributed by atoms with Crippen LogP contribution in [0.1, 0.15) is 18.4 Å². The van der Waals surface area contributed by atoms with E-state index in [0.29, 0.717) is 17.5 Å². The van der Waals surface area contributed by atoms with Gasteiger partial charge in [0.1, 0.15) is 17.8 Å². The van der Waals surface area contributed by atoms with Gasteiger partial charge in [-0.3, -0.25) is 0 Å². The van der Waals surface area contributed by atoms with Gasteiger partial charge in [-0.15, -0.1) is 0 Å². The molecule has 2 heterocycles. The molecule has 3 aromatic carbocycles. The number of nitrogens with two attached hydrogens (primary N) is 1. The summed E-state index contributed by atoms with van der Waals surface area (Å²) in [4.78, 5) is 11.1. The van der Waals surface area contributed by atoms with Crippen LogP contribution in [0.25, 0.3) is 10.8 Å². The van der Waals surface area contributed by atoms with E-state index >= 15 is 0 Å². The summed E-state index contributed by atoms with van der Waals surface area (Å²) in [6, 6.07) is 24.8. The zero-order chi connectivity index (χ0) is 21.0. The minimum Gasteiger partial charge on any atom is -0.436 e. The van der Waals surface area contributed by atoms with Gasteiger partial charge in [0.15, 0.2) is 5.82 Å². The number of benzene rings is 3. The first-order chi connectivity index (χ1) is 15.3. The van der Waals surface area contributed by atoms with Gasteiger partial charge in [-0.05, 0) is 42.2 Å². The molecule has 0 amide bonds. The topological polar surface area (TPSA) is 64.3 Å². The summed E-state index contributed by atoms with van der Waals surface area (Å²) in [6.07, 6.45) is 4.92. The van der Waals surface area contributed by atoms with Crippen molar-refractivity contribution in [3.63, 3.8) is 0 Å². The van der Waals surface area contributed by atoms with Gasteiger partial charge in [0.2, 0.25) is 5.88 Å². The number of ether oxygens (including phenoxy) is 1. The third-order valence-corrected chi connectivity index (χ3v) is 6.06. The summed E-state index contributed by atoms with van der Waals surface area (Å²) >= 11 is 0. The first-order valence-corrected chi connectivity index (χ1v) is 10.8. The predicted octanol–water partition coefficient (Wildman–Crippen LogP) is 5.46. The van der Waals surface area contributed by atoms with Gasteiger partial charge in [0.25, 0.3) is 0 Å². The number of nitrogen functional groups attached to an aromatic ring is 1. The molecule has 2 N–H and O–H groups in total. The monoisotopic (exact) mass is 410 g/mol. The summed E-state index contributed by atoms with van der Waals surface area (Å²) < 4.78 is 6.15. The molecule has 0 bridgehead atoms. The second kappa shape index (κ2) is 8.64. The van der Waals surface area contributed by atoms with E-state index in [1.165, 1.54) is 5.56 Å². The normalized spacial score (nSPS) is 14.6. The van der Waals surface area contributed by atoms with Crippen molar-refractivity contribution in [2.45, 2.75) is 19.3 Å². The third-order valence-electron chi connectivity index (χ3n) is 6.06. The molecule has 5 nitrogen and oxygen atoms in total. The van der Waals surface area contributed by atoms with Crippen LogP contribution in [-0.2, 0) is 6.42 Å². The molecule has 1 fully saturated rings. The van der Waals surface area contributed by atoms with Gasteiger partial charge in [0, 0.05) is 18.5 Å². The molecule has 1 saturated heterocycles. The number of fused-ring (bicyclic) bond motifs is 1. The number of nitrogens with zero attached hydrogens (tertiary/aromatic N) is 3. The summed E-state index contributed by atoms with van der Waals surface area (Å²) in [5.74, 6) is 2.61. The second-order valence-electron chi connectivity index (χ2n) is 8.12. The SMILES string of the molecule is Nc1c(Oc2cccc3ccccc23)ncnc1N1CCC(Cc2ccccc2)CC1. The molecule has 1 aliphatic heterocycles. The fraction of sp³-hybridized carbons (Fsp3) is 0.231. The van der Waals surface area contributed by atoms with Crippen LogP contribution in [0.4, 0.5) is 11.5 Å². The zero-order valence-electron chi connectivity index (χ0n) is 17.4. The Morgan fingerprint density at radius 1 is 0.871 bits per heavy atom. The summed E-state index contributed by atoms with van der Waals surface area (Å²) in [6.45, 7) is 1.87. The van der Waals surface area contributed by atoms with Gasteiger partial charge in [-0.1, -0.05) is 66.7 Å². The van der Waals surface area contributed by atoms with Crippen LogP contribution in [0.2, 0.25) is 0 Å². The van der Waals surface area contributed by atoms with E-state index in [2.05, 4.69) is 57.3 Å². The van der Waals surface area contributed by atoms with E-state index < -0.39 is 0 Å². The maximum atomic E-state index is 6.47. The fourth-order valence-electron chi connectivity index (χ4n) is 4.39. The maximum Gasteiger partial charge on any atom is 0.248 e. The Balaban J connectivity index is 1.31. The molecule has 5 heteroatoms. The zero-order valence-corrected chi connectivity index (χ0v) is 17.4. The lowest BCUT2D eigenvalue weighted by Gasteiger charge is -2.33. The first kappa shape index (κ1) is 19.4. The Morgan fingerprint density at radius 3 is 2.45 bits per heavy atom. The molecule has 0 aliphatic carbocycles. The predicted molar refractivity (Wildman–Crippen MR) is 126 cm³/mol.